The van der Waals surface area contributed by atoms with Crippen molar-refractivity contribution in [1.29, 1.82) is 0 Å². The van der Waals surface area contributed by atoms with Gasteiger partial charge < -0.3 is 10.1 Å². The van der Waals surface area contributed by atoms with E-state index in [1.165, 1.54) is 13.0 Å². The lowest BCUT2D eigenvalue weighted by Crippen LogP contribution is -2.23. The number of amides is 1. The van der Waals surface area contributed by atoms with Gasteiger partial charge >= 0.3 is 5.97 Å². The third-order valence-electron chi connectivity index (χ3n) is 4.66. The molecule has 1 N–H and O–H groups in total. The number of rotatable bonds is 8. The fourth-order valence-electron chi connectivity index (χ4n) is 3.09. The van der Waals surface area contributed by atoms with Gasteiger partial charge in [-0.2, -0.15) is 0 Å². The highest BCUT2D eigenvalue weighted by atomic mass is 16.5. The predicted molar refractivity (Wildman–Crippen MR) is 121 cm³/mol. The number of hydrogen-bond acceptors (Lipinski definition) is 5. The summed E-state index contributed by atoms with van der Waals surface area (Å²) in [5.74, 6) is -1.01. The van der Waals surface area contributed by atoms with Crippen LogP contribution in [-0.2, 0) is 14.3 Å². The van der Waals surface area contributed by atoms with Gasteiger partial charge in [0.05, 0.1) is 5.52 Å². The second kappa shape index (κ2) is 10.3. The highest BCUT2D eigenvalue weighted by molar-refractivity contribution is 6.02. The molecule has 0 spiro atoms. The first-order valence-corrected chi connectivity index (χ1v) is 10.1. The number of nitrogens with one attached hydrogen (secondary N) is 1. The van der Waals surface area contributed by atoms with E-state index in [-0.39, 0.29) is 11.7 Å². The Bertz CT molecular complexity index is 1110. The number of carbonyl (C=O) groups is 3. The molecule has 1 amide bonds. The molecule has 0 bridgehead atoms. The first-order valence-electron chi connectivity index (χ1n) is 10.1. The number of ether oxygens (including phenoxy) is 1. The number of carbonyl (C=O) groups excluding carboxylic acids is 3. The zero-order chi connectivity index (χ0) is 22.2. The molecule has 0 fully saturated rings. The van der Waals surface area contributed by atoms with Crippen LogP contribution in [-0.4, -0.2) is 28.7 Å². The highest BCUT2D eigenvalue weighted by Gasteiger charge is 2.18. The molecule has 2 aromatic carbocycles. The minimum Gasteiger partial charge on any atom is -0.451 e. The van der Waals surface area contributed by atoms with E-state index in [4.69, 9.17) is 4.74 Å². The van der Waals surface area contributed by atoms with Gasteiger partial charge in [0, 0.05) is 40.9 Å². The van der Waals surface area contributed by atoms with Crippen LogP contribution in [0, 0.1) is 0 Å². The molecule has 1 heterocycles. The van der Waals surface area contributed by atoms with Crippen molar-refractivity contribution in [3.63, 3.8) is 0 Å². The Morgan fingerprint density at radius 3 is 2.55 bits per heavy atom. The maximum atomic E-state index is 12.6. The van der Waals surface area contributed by atoms with Gasteiger partial charge in [0.15, 0.2) is 6.10 Å². The van der Waals surface area contributed by atoms with E-state index in [2.05, 4.69) is 10.3 Å². The number of esters is 1. The van der Waals surface area contributed by atoms with Crippen molar-refractivity contribution in [2.45, 2.75) is 32.8 Å². The van der Waals surface area contributed by atoms with E-state index in [0.29, 0.717) is 17.7 Å². The molecule has 0 aliphatic heterocycles. The molecule has 3 rings (SSSR count). The Balaban J connectivity index is 1.60. The first-order chi connectivity index (χ1) is 15.0. The van der Waals surface area contributed by atoms with Gasteiger partial charge in [0.1, 0.15) is 0 Å². The van der Waals surface area contributed by atoms with Crippen molar-refractivity contribution >= 4 is 40.3 Å². The summed E-state index contributed by atoms with van der Waals surface area (Å²) in [6.07, 6.45) is 4.87. The number of ketones is 1. The molecular weight excluding hydrogens is 392 g/mol. The van der Waals surface area contributed by atoms with Gasteiger partial charge in [-0.25, -0.2) is 4.79 Å². The molecule has 3 aromatic rings. The third-order valence-corrected chi connectivity index (χ3v) is 4.66. The summed E-state index contributed by atoms with van der Waals surface area (Å²) in [6.45, 7) is 3.46. The Kier molecular flexibility index (Phi) is 7.27. The number of anilines is 1. The topological polar surface area (TPSA) is 85.4 Å². The fourth-order valence-corrected chi connectivity index (χ4v) is 3.09. The lowest BCUT2D eigenvalue weighted by atomic mass is 10.1. The molecule has 31 heavy (non-hydrogen) atoms. The quantitative estimate of drug-likeness (QED) is 0.324. The van der Waals surface area contributed by atoms with Crippen LogP contribution in [0.25, 0.3) is 17.0 Å². The van der Waals surface area contributed by atoms with Crippen molar-refractivity contribution in [3.8, 4) is 0 Å². The first kappa shape index (κ1) is 21.9. The van der Waals surface area contributed by atoms with E-state index in [1.807, 2.05) is 37.3 Å². The van der Waals surface area contributed by atoms with Gasteiger partial charge in [0.2, 0.25) is 11.7 Å². The minimum absolute atomic E-state index is 0.0722. The molecule has 6 heteroatoms. The summed E-state index contributed by atoms with van der Waals surface area (Å²) < 4.78 is 5.26. The molecular formula is C25H24N2O4. The molecule has 0 saturated carbocycles. The summed E-state index contributed by atoms with van der Waals surface area (Å²) in [6, 6.07) is 16.0. The van der Waals surface area contributed by atoms with Crippen LogP contribution in [0.5, 0.6) is 0 Å². The maximum Gasteiger partial charge on any atom is 0.331 e. The Morgan fingerprint density at radius 2 is 1.81 bits per heavy atom. The molecule has 1 atom stereocenters. The van der Waals surface area contributed by atoms with Crippen LogP contribution < -0.4 is 5.32 Å². The zero-order valence-electron chi connectivity index (χ0n) is 17.5. The van der Waals surface area contributed by atoms with Crippen molar-refractivity contribution < 1.29 is 19.1 Å². The van der Waals surface area contributed by atoms with Crippen LogP contribution in [0.3, 0.4) is 0 Å². The van der Waals surface area contributed by atoms with Crippen molar-refractivity contribution in [2.75, 3.05) is 5.32 Å². The van der Waals surface area contributed by atoms with Crippen molar-refractivity contribution in [2.24, 2.45) is 0 Å². The van der Waals surface area contributed by atoms with Crippen LogP contribution in [0.2, 0.25) is 0 Å². The standard InChI is InChI=1S/C25H24N2O4/c1-3-6-22(28)27-21-13-10-20(11-14-21)25(30)17(2)31-23(29)15-12-19-8-4-7-18-9-5-16-26-24(18)19/h4-5,7-17H,3,6H2,1-2H3,(H,27,28)/b15-12+. The number of fused-ring (bicyclic) bond motifs is 1. The summed E-state index contributed by atoms with van der Waals surface area (Å²) in [4.78, 5) is 40.8. The van der Waals surface area contributed by atoms with Gasteiger partial charge in [-0.15, -0.1) is 0 Å². The second-order valence-electron chi connectivity index (χ2n) is 7.07. The van der Waals surface area contributed by atoms with Gasteiger partial charge in [-0.05, 0) is 49.8 Å². The van der Waals surface area contributed by atoms with Crippen LogP contribution in [0.15, 0.2) is 66.9 Å². The highest BCUT2D eigenvalue weighted by Crippen LogP contribution is 2.17. The maximum absolute atomic E-state index is 12.6. The van der Waals surface area contributed by atoms with Gasteiger partial charge in [-0.3, -0.25) is 14.6 Å². The molecule has 0 saturated heterocycles. The fraction of sp³-hybridized carbons (Fsp3) is 0.200. The van der Waals surface area contributed by atoms with Gasteiger partial charge in [-0.1, -0.05) is 31.2 Å². The number of para-hydroxylation sites is 1. The SMILES string of the molecule is CCCC(=O)Nc1ccc(C(=O)C(C)OC(=O)/C=C/c2cccc3cccnc23)cc1. The molecule has 6 nitrogen and oxygen atoms in total. The smallest absolute Gasteiger partial charge is 0.331 e. The van der Waals surface area contributed by atoms with E-state index in [0.717, 1.165) is 22.9 Å². The Morgan fingerprint density at radius 1 is 1.06 bits per heavy atom. The molecule has 0 aliphatic carbocycles. The molecule has 1 aromatic heterocycles. The summed E-state index contributed by atoms with van der Waals surface area (Å²) >= 11 is 0. The largest absolute Gasteiger partial charge is 0.451 e. The molecule has 0 aliphatic rings. The minimum atomic E-state index is -0.941. The Labute approximate surface area is 180 Å². The average Bonchev–Trinajstić information content (AvgIpc) is 2.77. The normalized spacial score (nSPS) is 11.9. The number of Topliss-reactive ketones (excluding diaryl/α,β-unsaturated/α-hetero) is 1. The lowest BCUT2D eigenvalue weighted by Gasteiger charge is -2.11. The number of nitrogens with zero attached hydrogens (tertiary/aromatic N) is 1. The van der Waals surface area contributed by atoms with Crippen LogP contribution in [0.1, 0.15) is 42.6 Å². The summed E-state index contributed by atoms with van der Waals surface area (Å²) in [5, 5.41) is 3.73. The third kappa shape index (κ3) is 5.85. The number of hydrogen-bond donors (Lipinski definition) is 1. The van der Waals surface area contributed by atoms with Crippen LogP contribution >= 0.6 is 0 Å². The van der Waals surface area contributed by atoms with E-state index in [9.17, 15) is 14.4 Å². The van der Waals surface area contributed by atoms with E-state index in [1.54, 1.807) is 36.5 Å². The monoisotopic (exact) mass is 416 g/mol. The Hall–Kier alpha value is -3.80. The van der Waals surface area contributed by atoms with Crippen molar-refractivity contribution in [3.05, 3.63) is 78.0 Å². The predicted octanol–water partition coefficient (Wildman–Crippen LogP) is 4.80. The van der Waals surface area contributed by atoms with Crippen molar-refractivity contribution in [1.82, 2.24) is 4.98 Å². The number of pyridine rings is 1. The summed E-state index contributed by atoms with van der Waals surface area (Å²) in [7, 11) is 0. The average molecular weight is 416 g/mol. The van der Waals surface area contributed by atoms with E-state index >= 15 is 0 Å². The summed E-state index contributed by atoms with van der Waals surface area (Å²) in [5.41, 5.74) is 2.58. The van der Waals surface area contributed by atoms with Gasteiger partial charge in [0.25, 0.3) is 0 Å². The number of aromatic nitrogens is 1. The lowest BCUT2D eigenvalue weighted by molar-refractivity contribution is -0.140. The van der Waals surface area contributed by atoms with Crippen LogP contribution in [0.4, 0.5) is 5.69 Å². The molecule has 158 valence electrons. The molecule has 1 unspecified atom stereocenters. The van der Waals surface area contributed by atoms with E-state index < -0.39 is 12.1 Å². The second-order valence-corrected chi connectivity index (χ2v) is 7.07. The zero-order valence-corrected chi connectivity index (χ0v) is 17.5. The molecule has 0 radical (unpaired) electrons. The number of benzene rings is 2.